The molecule has 0 saturated carbocycles. The minimum atomic E-state index is 0. The molecule has 0 saturated heterocycles. The molecule has 1 rings (SSSR count). The number of hydrogen-bond acceptors (Lipinski definition) is 1. The summed E-state index contributed by atoms with van der Waals surface area (Å²) >= 11 is 0. The number of halogens is 2. The fourth-order valence-corrected chi connectivity index (χ4v) is 7.35. The molecule has 2 nitrogen and oxygen atoms in total. The van der Waals surface area contributed by atoms with Gasteiger partial charge in [-0.05, 0) is 19.3 Å². The molecule has 1 unspecified atom stereocenters. The lowest BCUT2D eigenvalue weighted by Crippen LogP contribution is -3.00. The normalized spacial score (nSPS) is 11.8. The topological polar surface area (TPSA) is 35.0 Å². The van der Waals surface area contributed by atoms with Crippen molar-refractivity contribution in [1.82, 2.24) is 6.15 Å². The van der Waals surface area contributed by atoms with Crippen molar-refractivity contribution in [3.8, 4) is 0 Å². The Hall–Kier alpha value is 0.100. The van der Waals surface area contributed by atoms with Gasteiger partial charge in [-0.25, -0.2) is 0 Å². The number of benzene rings is 1. The summed E-state index contributed by atoms with van der Waals surface area (Å²) in [5, 5.41) is 0. The summed E-state index contributed by atoms with van der Waals surface area (Å²) in [6.45, 7) is 5.94. The summed E-state index contributed by atoms with van der Waals surface area (Å²) < 4.78 is 1.15. The maximum atomic E-state index is 2.51. The van der Waals surface area contributed by atoms with Gasteiger partial charge in [-0.15, -0.1) is 17.0 Å². The zero-order chi connectivity index (χ0) is 31.8. The number of unbranched alkanes of at least 4 members (excludes halogenated alkanes) is 28. The van der Waals surface area contributed by atoms with Crippen LogP contribution in [0.25, 0.3) is 0 Å². The van der Waals surface area contributed by atoms with Crippen molar-refractivity contribution < 1.29 is 21.5 Å². The Kier molecular flexibility index (Phi) is 42.6. The molecule has 282 valence electrons. The molecule has 0 amide bonds. The molecule has 4 heteroatoms. The van der Waals surface area contributed by atoms with Crippen molar-refractivity contribution in [1.29, 1.82) is 0 Å². The highest BCUT2D eigenvalue weighted by Crippen LogP contribution is 2.31. The van der Waals surface area contributed by atoms with E-state index >= 15 is 0 Å². The van der Waals surface area contributed by atoms with Crippen molar-refractivity contribution in [3.05, 3.63) is 35.9 Å². The van der Waals surface area contributed by atoms with Crippen LogP contribution in [-0.4, -0.2) is 25.1 Å². The summed E-state index contributed by atoms with van der Waals surface area (Å²) in [7, 11) is 5.01. The van der Waals surface area contributed by atoms with Crippen molar-refractivity contribution in [2.75, 3.05) is 20.6 Å². The first-order valence-corrected chi connectivity index (χ1v) is 20.5. The molecule has 3 N–H and O–H groups in total. The Morgan fingerprint density at radius 1 is 0.426 bits per heavy atom. The van der Waals surface area contributed by atoms with Gasteiger partial charge in [0, 0.05) is 12.0 Å². The summed E-state index contributed by atoms with van der Waals surface area (Å²) in [6.07, 6.45) is 44.7. The van der Waals surface area contributed by atoms with Crippen LogP contribution in [0.5, 0.6) is 0 Å². The van der Waals surface area contributed by atoms with Gasteiger partial charge in [0.1, 0.15) is 6.04 Å². The molecule has 0 fully saturated rings. The van der Waals surface area contributed by atoms with Crippen LogP contribution in [0.1, 0.15) is 224 Å². The largest absolute Gasteiger partial charge is 1.00 e. The first-order chi connectivity index (χ1) is 21.6. The van der Waals surface area contributed by atoms with E-state index in [1.165, 1.54) is 206 Å². The van der Waals surface area contributed by atoms with Crippen LogP contribution in [0.2, 0.25) is 0 Å². The van der Waals surface area contributed by atoms with E-state index in [9.17, 15) is 0 Å². The zero-order valence-corrected chi connectivity index (χ0v) is 35.8. The summed E-state index contributed by atoms with van der Waals surface area (Å²) in [6, 6.07) is 12.1. The average Bonchev–Trinajstić information content (AvgIpc) is 3.03. The molecule has 0 aliphatic heterocycles. The molecule has 0 heterocycles. The molecule has 0 spiro atoms. The molecular formula is C43H86Br2N2. The van der Waals surface area contributed by atoms with Gasteiger partial charge in [0.25, 0.3) is 0 Å². The van der Waals surface area contributed by atoms with Crippen LogP contribution in [0.4, 0.5) is 0 Å². The van der Waals surface area contributed by atoms with Crippen LogP contribution < -0.4 is 23.1 Å². The van der Waals surface area contributed by atoms with E-state index in [2.05, 4.69) is 58.3 Å². The van der Waals surface area contributed by atoms with Gasteiger partial charge in [-0.1, -0.05) is 218 Å². The smallest absolute Gasteiger partial charge is 0.114 e. The fraction of sp³-hybridized carbons (Fsp3) is 0.860. The van der Waals surface area contributed by atoms with Crippen molar-refractivity contribution >= 4 is 17.0 Å². The fourth-order valence-electron chi connectivity index (χ4n) is 7.35. The highest BCUT2D eigenvalue weighted by Gasteiger charge is 2.28. The third kappa shape index (κ3) is 31.8. The molecule has 1 aromatic rings. The average molecular weight is 791 g/mol. The Morgan fingerprint density at radius 3 is 1.02 bits per heavy atom. The second-order valence-corrected chi connectivity index (χ2v) is 15.1. The lowest BCUT2D eigenvalue weighted by molar-refractivity contribution is -0.921. The third-order valence-electron chi connectivity index (χ3n) is 10.4. The van der Waals surface area contributed by atoms with E-state index in [0.717, 1.165) is 4.48 Å². The van der Waals surface area contributed by atoms with Gasteiger partial charge >= 0.3 is 0 Å². The van der Waals surface area contributed by atoms with E-state index in [1.54, 1.807) is 5.56 Å². The number of rotatable bonds is 34. The molecule has 0 aromatic heterocycles. The molecule has 0 aliphatic rings. The van der Waals surface area contributed by atoms with Crippen LogP contribution in [0, 0.1) is 0 Å². The van der Waals surface area contributed by atoms with E-state index in [1.807, 2.05) is 0 Å². The maximum absolute atomic E-state index is 2.51. The van der Waals surface area contributed by atoms with E-state index in [-0.39, 0.29) is 40.1 Å². The maximum Gasteiger partial charge on any atom is 0.114 e. The zero-order valence-electron chi connectivity index (χ0n) is 32.5. The highest BCUT2D eigenvalue weighted by atomic mass is 79.9. The Bertz CT molecular complexity index is 696. The van der Waals surface area contributed by atoms with Crippen LogP contribution in [0.3, 0.4) is 0 Å². The minimum Gasteiger partial charge on any atom is -1.00 e. The number of nitrogens with zero attached hydrogens (tertiary/aromatic N) is 1. The minimum absolute atomic E-state index is 0. The van der Waals surface area contributed by atoms with E-state index in [0.29, 0.717) is 6.04 Å². The molecule has 1 atom stereocenters. The Balaban J connectivity index is -0.00000645. The van der Waals surface area contributed by atoms with Gasteiger partial charge < -0.3 is 27.6 Å². The molecule has 0 aliphatic carbocycles. The molecule has 1 aromatic carbocycles. The molecular weight excluding hydrogens is 704 g/mol. The van der Waals surface area contributed by atoms with Gasteiger partial charge in [0.05, 0.1) is 20.6 Å². The lowest BCUT2D eigenvalue weighted by Gasteiger charge is -2.39. The quantitative estimate of drug-likeness (QED) is 0.0548. The second-order valence-electron chi connectivity index (χ2n) is 15.1. The Labute approximate surface area is 318 Å². The number of hydrogen-bond donors (Lipinski definition) is 1. The van der Waals surface area contributed by atoms with Crippen molar-refractivity contribution in [2.45, 2.75) is 219 Å². The standard InChI is InChI=1S/C43H82N.2BrH.H3N/c1-5-7-9-11-13-15-17-19-21-22-23-25-27-29-31-36-40-43(42-38-34-33-35-39-42)44(3,4)41-37-32-30-28-26-24-20-18-16-14-12-10-8-6-2;;;/h33-35,38-39,43H,5-32,36-37,40-41H2,1-4H3;2*1H;1H3/q+1;;;/p-1. The second kappa shape index (κ2) is 38.9. The van der Waals surface area contributed by atoms with Crippen LogP contribution >= 0.6 is 17.0 Å². The predicted octanol–water partition coefficient (Wildman–Crippen LogP) is 12.7. The molecule has 0 bridgehead atoms. The molecule has 47 heavy (non-hydrogen) atoms. The summed E-state index contributed by atoms with van der Waals surface area (Å²) in [5.74, 6) is 0. The van der Waals surface area contributed by atoms with Gasteiger partial charge in [-0.3, -0.25) is 0 Å². The van der Waals surface area contributed by atoms with E-state index < -0.39 is 0 Å². The van der Waals surface area contributed by atoms with E-state index in [4.69, 9.17) is 0 Å². The van der Waals surface area contributed by atoms with Crippen molar-refractivity contribution in [3.63, 3.8) is 0 Å². The van der Waals surface area contributed by atoms with Crippen LogP contribution in [0.15, 0.2) is 30.3 Å². The van der Waals surface area contributed by atoms with Crippen LogP contribution in [-0.2, 0) is 0 Å². The SMILES string of the molecule is Br.CCCCCCCCCCCCCCCCCCC(c1ccccc1)[N+](C)(C)CCCCCCCCCCCCCCCC.N.[Br-]. The predicted molar refractivity (Wildman–Crippen MR) is 216 cm³/mol. The van der Waals surface area contributed by atoms with Crippen molar-refractivity contribution in [2.24, 2.45) is 0 Å². The van der Waals surface area contributed by atoms with Gasteiger partial charge in [-0.2, -0.15) is 0 Å². The first-order valence-electron chi connectivity index (χ1n) is 20.5. The van der Waals surface area contributed by atoms with Gasteiger partial charge in [0.2, 0.25) is 0 Å². The summed E-state index contributed by atoms with van der Waals surface area (Å²) in [5.41, 5.74) is 1.56. The number of quaternary nitrogens is 1. The van der Waals surface area contributed by atoms with Gasteiger partial charge in [0.15, 0.2) is 0 Å². The highest BCUT2D eigenvalue weighted by molar-refractivity contribution is 8.93. The monoisotopic (exact) mass is 789 g/mol. The third-order valence-corrected chi connectivity index (χ3v) is 10.4. The lowest BCUT2D eigenvalue weighted by atomic mass is 9.96. The summed E-state index contributed by atoms with van der Waals surface area (Å²) in [4.78, 5) is 0. The first kappa shape index (κ1) is 51.5. The molecule has 0 radical (unpaired) electrons. The Morgan fingerprint density at radius 2 is 0.702 bits per heavy atom.